The first-order valence-corrected chi connectivity index (χ1v) is 4.12. The molecule has 62 valence electrons. The Kier molecular flexibility index (Phi) is 1.74. The molecule has 0 radical (unpaired) electrons. The van der Waals surface area contributed by atoms with Crippen LogP contribution in [0.1, 0.15) is 5.56 Å². The van der Waals surface area contributed by atoms with Gasteiger partial charge in [0.25, 0.3) is 0 Å². The first kappa shape index (κ1) is 7.22. The van der Waals surface area contributed by atoms with Gasteiger partial charge >= 0.3 is 0 Å². The maximum absolute atomic E-state index is 3.15. The van der Waals surface area contributed by atoms with Crippen molar-refractivity contribution in [2.24, 2.45) is 0 Å². The molecule has 0 bridgehead atoms. The van der Waals surface area contributed by atoms with Gasteiger partial charge in [-0.05, 0) is 30.7 Å². The van der Waals surface area contributed by atoms with Crippen molar-refractivity contribution >= 4 is 5.69 Å². The molecular formula is C10H12N2. The minimum Gasteiger partial charge on any atom is -0.306 e. The molecule has 2 nitrogen and oxygen atoms in total. The minimum atomic E-state index is 0.948. The number of nitrogens with one attached hydrogen (secondary N) is 1. The monoisotopic (exact) mass is 160 g/mol. The predicted molar refractivity (Wildman–Crippen MR) is 50.8 cm³/mol. The summed E-state index contributed by atoms with van der Waals surface area (Å²) in [5.74, 6) is 0. The van der Waals surface area contributed by atoms with E-state index in [2.05, 4.69) is 47.7 Å². The molecule has 0 unspecified atom stereocenters. The largest absolute Gasteiger partial charge is 0.306 e. The zero-order valence-corrected chi connectivity index (χ0v) is 7.12. The Bertz CT molecular complexity index is 296. The standard InChI is InChI=1S/C10H12N2/c1-9-4-2-5-10(8-9)12-7-3-6-11-12/h2-6,8,11H,7H2,1H3. The van der Waals surface area contributed by atoms with Gasteiger partial charge in [-0.25, -0.2) is 0 Å². The number of benzene rings is 1. The van der Waals surface area contributed by atoms with Gasteiger partial charge in [0.15, 0.2) is 0 Å². The molecule has 0 spiro atoms. The number of hydrazine groups is 1. The Hall–Kier alpha value is -1.44. The van der Waals surface area contributed by atoms with E-state index in [9.17, 15) is 0 Å². The summed E-state index contributed by atoms with van der Waals surface area (Å²) in [6.45, 7) is 3.05. The van der Waals surface area contributed by atoms with Gasteiger partial charge in [-0.15, -0.1) is 0 Å². The van der Waals surface area contributed by atoms with Crippen LogP contribution < -0.4 is 10.4 Å². The lowest BCUT2D eigenvalue weighted by Gasteiger charge is -2.18. The molecular weight excluding hydrogens is 148 g/mol. The van der Waals surface area contributed by atoms with Crippen molar-refractivity contribution in [3.05, 3.63) is 42.1 Å². The number of rotatable bonds is 1. The Morgan fingerprint density at radius 1 is 1.42 bits per heavy atom. The van der Waals surface area contributed by atoms with Crippen LogP contribution in [0.25, 0.3) is 0 Å². The van der Waals surface area contributed by atoms with E-state index in [1.165, 1.54) is 11.3 Å². The molecule has 1 N–H and O–H groups in total. The van der Waals surface area contributed by atoms with Crippen LogP contribution in [0, 0.1) is 6.92 Å². The average Bonchev–Trinajstić information content (AvgIpc) is 2.56. The predicted octanol–water partition coefficient (Wildman–Crippen LogP) is 1.83. The first-order valence-electron chi connectivity index (χ1n) is 4.12. The highest BCUT2D eigenvalue weighted by Gasteiger charge is 2.05. The van der Waals surface area contributed by atoms with Gasteiger partial charge in [-0.2, -0.15) is 0 Å². The number of hydrogen-bond donors (Lipinski definition) is 1. The molecule has 1 aromatic carbocycles. The van der Waals surface area contributed by atoms with Gasteiger partial charge in [0, 0.05) is 6.20 Å². The van der Waals surface area contributed by atoms with Gasteiger partial charge in [0.1, 0.15) is 0 Å². The lowest BCUT2D eigenvalue weighted by molar-refractivity contribution is 0.840. The third-order valence-corrected chi connectivity index (χ3v) is 1.95. The third kappa shape index (κ3) is 1.28. The summed E-state index contributed by atoms with van der Waals surface area (Å²) < 4.78 is 0. The fourth-order valence-electron chi connectivity index (χ4n) is 1.33. The molecule has 1 heterocycles. The van der Waals surface area contributed by atoms with E-state index in [0.29, 0.717) is 0 Å². The van der Waals surface area contributed by atoms with Gasteiger partial charge in [0.05, 0.1) is 12.2 Å². The van der Waals surface area contributed by atoms with E-state index in [1.807, 2.05) is 6.20 Å². The Labute approximate surface area is 72.5 Å². The van der Waals surface area contributed by atoms with Crippen LogP contribution in [0.2, 0.25) is 0 Å². The molecule has 0 atom stereocenters. The maximum atomic E-state index is 3.15. The Balaban J connectivity index is 2.22. The molecule has 2 rings (SSSR count). The van der Waals surface area contributed by atoms with Crippen molar-refractivity contribution < 1.29 is 0 Å². The number of anilines is 1. The van der Waals surface area contributed by atoms with Crippen LogP contribution in [0.15, 0.2) is 36.5 Å². The molecule has 0 amide bonds. The summed E-state index contributed by atoms with van der Waals surface area (Å²) in [4.78, 5) is 0. The van der Waals surface area contributed by atoms with E-state index >= 15 is 0 Å². The molecule has 1 aliphatic heterocycles. The highest BCUT2D eigenvalue weighted by molar-refractivity contribution is 5.49. The highest BCUT2D eigenvalue weighted by atomic mass is 15.5. The zero-order valence-electron chi connectivity index (χ0n) is 7.12. The Morgan fingerprint density at radius 2 is 2.33 bits per heavy atom. The van der Waals surface area contributed by atoms with E-state index in [1.54, 1.807) is 0 Å². The van der Waals surface area contributed by atoms with Crippen molar-refractivity contribution in [1.82, 2.24) is 5.43 Å². The van der Waals surface area contributed by atoms with E-state index in [0.717, 1.165) is 6.54 Å². The summed E-state index contributed by atoms with van der Waals surface area (Å²) in [7, 11) is 0. The lowest BCUT2D eigenvalue weighted by Crippen LogP contribution is -2.29. The summed E-state index contributed by atoms with van der Waals surface area (Å²) in [5.41, 5.74) is 5.67. The fraction of sp³-hybridized carbons (Fsp3) is 0.200. The second-order valence-corrected chi connectivity index (χ2v) is 2.98. The van der Waals surface area contributed by atoms with Crippen LogP contribution in [0.3, 0.4) is 0 Å². The van der Waals surface area contributed by atoms with E-state index in [-0.39, 0.29) is 0 Å². The van der Waals surface area contributed by atoms with Gasteiger partial charge < -0.3 is 5.43 Å². The van der Waals surface area contributed by atoms with Crippen LogP contribution in [0.4, 0.5) is 5.69 Å². The first-order chi connectivity index (χ1) is 5.86. The third-order valence-electron chi connectivity index (χ3n) is 1.95. The second-order valence-electron chi connectivity index (χ2n) is 2.98. The van der Waals surface area contributed by atoms with Gasteiger partial charge in [0.2, 0.25) is 0 Å². The number of aryl methyl sites for hydroxylation is 1. The summed E-state index contributed by atoms with van der Waals surface area (Å²) in [5, 5.41) is 2.10. The van der Waals surface area contributed by atoms with Crippen molar-refractivity contribution in [3.8, 4) is 0 Å². The van der Waals surface area contributed by atoms with Crippen LogP contribution >= 0.6 is 0 Å². The molecule has 1 aliphatic rings. The van der Waals surface area contributed by atoms with Gasteiger partial charge in [-0.3, -0.25) is 5.01 Å². The number of hydrogen-bond acceptors (Lipinski definition) is 2. The molecule has 0 saturated heterocycles. The summed E-state index contributed by atoms with van der Waals surface area (Å²) in [6, 6.07) is 8.45. The topological polar surface area (TPSA) is 15.3 Å². The zero-order chi connectivity index (χ0) is 8.39. The second kappa shape index (κ2) is 2.89. The summed E-state index contributed by atoms with van der Waals surface area (Å²) in [6.07, 6.45) is 4.06. The van der Waals surface area contributed by atoms with Crippen LogP contribution in [-0.2, 0) is 0 Å². The molecule has 0 fully saturated rings. The lowest BCUT2D eigenvalue weighted by atomic mass is 10.2. The number of nitrogens with zero attached hydrogens (tertiary/aromatic N) is 1. The van der Waals surface area contributed by atoms with Crippen LogP contribution in [0.5, 0.6) is 0 Å². The minimum absolute atomic E-state index is 0.948. The van der Waals surface area contributed by atoms with Crippen molar-refractivity contribution in [2.75, 3.05) is 11.6 Å². The van der Waals surface area contributed by atoms with Gasteiger partial charge in [-0.1, -0.05) is 12.1 Å². The molecule has 2 heteroatoms. The maximum Gasteiger partial charge on any atom is 0.0592 e. The van der Waals surface area contributed by atoms with E-state index < -0.39 is 0 Å². The summed E-state index contributed by atoms with van der Waals surface area (Å²) >= 11 is 0. The van der Waals surface area contributed by atoms with Crippen molar-refractivity contribution in [1.29, 1.82) is 0 Å². The molecule has 12 heavy (non-hydrogen) atoms. The average molecular weight is 160 g/mol. The molecule has 0 aromatic heterocycles. The quantitative estimate of drug-likeness (QED) is 0.674. The highest BCUT2D eigenvalue weighted by Crippen LogP contribution is 2.15. The smallest absolute Gasteiger partial charge is 0.0592 e. The molecule has 0 aliphatic carbocycles. The molecule has 0 saturated carbocycles. The Morgan fingerprint density at radius 3 is 3.00 bits per heavy atom. The van der Waals surface area contributed by atoms with Crippen LogP contribution in [-0.4, -0.2) is 6.54 Å². The van der Waals surface area contributed by atoms with E-state index in [4.69, 9.17) is 0 Å². The normalized spacial score (nSPS) is 14.9. The SMILES string of the molecule is Cc1cccc(N2CC=CN2)c1. The molecule has 1 aromatic rings. The van der Waals surface area contributed by atoms with Crippen molar-refractivity contribution in [3.63, 3.8) is 0 Å². The fourth-order valence-corrected chi connectivity index (χ4v) is 1.33. The van der Waals surface area contributed by atoms with Crippen molar-refractivity contribution in [2.45, 2.75) is 6.92 Å².